The Kier molecular flexibility index (Phi) is 4.59. The summed E-state index contributed by atoms with van der Waals surface area (Å²) in [6.45, 7) is 0.0867. The molecule has 0 aliphatic carbocycles. The lowest BCUT2D eigenvalue weighted by atomic mass is 10.8. The molecule has 0 bridgehead atoms. The third kappa shape index (κ3) is 4.58. The second kappa shape index (κ2) is 5.58. The molecule has 0 saturated heterocycles. The lowest BCUT2D eigenvalue weighted by molar-refractivity contribution is 0.986. The minimum absolute atomic E-state index is 0.0433. The Morgan fingerprint density at radius 1 is 1.00 bits per heavy atom. The zero-order valence-electron chi connectivity index (χ0n) is 4.20. The van der Waals surface area contributed by atoms with Crippen molar-refractivity contribution in [3.8, 4) is 12.1 Å². The molecule has 0 N–H and O–H groups in total. The fourth-order valence-corrected chi connectivity index (χ4v) is 0.163. The van der Waals surface area contributed by atoms with E-state index in [9.17, 15) is 0 Å². The van der Waals surface area contributed by atoms with E-state index in [1.807, 2.05) is 0 Å². The number of hydrogen-bond donors (Lipinski definition) is 0. The molecule has 0 aliphatic heterocycles. The van der Waals surface area contributed by atoms with Crippen LogP contribution in [0.5, 0.6) is 0 Å². The summed E-state index contributed by atoms with van der Waals surface area (Å²) in [6, 6.07) is 3.51. The minimum Gasteiger partial charge on any atom is -0.196 e. The second-order valence-corrected chi connectivity index (χ2v) is 0.915. The van der Waals surface area contributed by atoms with Gasteiger partial charge in [0.1, 0.15) is 13.1 Å². The first-order chi connectivity index (χ1) is 3.91. The zero-order valence-corrected chi connectivity index (χ0v) is 4.20. The van der Waals surface area contributed by atoms with E-state index < -0.39 is 0 Å². The van der Waals surface area contributed by atoms with Crippen LogP contribution in [-0.2, 0) is 0 Å². The molecule has 0 atom stereocenters. The lowest BCUT2D eigenvalue weighted by Gasteiger charge is -1.71. The predicted molar refractivity (Wildman–Crippen MR) is 25.8 cm³/mol. The van der Waals surface area contributed by atoms with Crippen molar-refractivity contribution in [1.29, 1.82) is 10.5 Å². The summed E-state index contributed by atoms with van der Waals surface area (Å²) >= 11 is 0. The van der Waals surface area contributed by atoms with Gasteiger partial charge >= 0.3 is 0 Å². The van der Waals surface area contributed by atoms with Crippen molar-refractivity contribution in [2.24, 2.45) is 10.2 Å². The fraction of sp³-hybridized carbons (Fsp3) is 0.500. The summed E-state index contributed by atoms with van der Waals surface area (Å²) in [7, 11) is 0. The molecule has 4 heteroatoms. The largest absolute Gasteiger partial charge is 0.196 e. The molecule has 0 unspecified atom stereocenters. The van der Waals surface area contributed by atoms with Crippen LogP contribution in [0.3, 0.4) is 0 Å². The molecule has 40 valence electrons. The minimum atomic E-state index is 0.0433. The summed E-state index contributed by atoms with van der Waals surface area (Å²) in [5.41, 5.74) is 0. The molecule has 0 heterocycles. The van der Waals surface area contributed by atoms with Crippen LogP contribution in [0.15, 0.2) is 10.2 Å². The van der Waals surface area contributed by atoms with Gasteiger partial charge in [0.05, 0.1) is 12.1 Å². The van der Waals surface area contributed by atoms with Crippen molar-refractivity contribution in [2.75, 3.05) is 13.1 Å². The average Bonchev–Trinajstić information content (AvgIpc) is 1.81. The highest BCUT2D eigenvalue weighted by atomic mass is 15.1. The van der Waals surface area contributed by atoms with Crippen LogP contribution in [0.2, 0.25) is 0 Å². The van der Waals surface area contributed by atoms with Crippen LogP contribution in [0, 0.1) is 22.7 Å². The van der Waals surface area contributed by atoms with E-state index in [-0.39, 0.29) is 13.1 Å². The second-order valence-electron chi connectivity index (χ2n) is 0.915. The van der Waals surface area contributed by atoms with E-state index in [0.717, 1.165) is 0 Å². The quantitative estimate of drug-likeness (QED) is 0.381. The Bertz CT molecular complexity index is 128. The Hall–Kier alpha value is -1.42. The number of hydrogen-bond acceptors (Lipinski definition) is 4. The molecule has 0 aromatic carbocycles. The zero-order chi connectivity index (χ0) is 6.24. The van der Waals surface area contributed by atoms with Crippen molar-refractivity contribution < 1.29 is 0 Å². The SMILES string of the molecule is N#CCN=NCC#N. The van der Waals surface area contributed by atoms with Crippen molar-refractivity contribution in [3.05, 3.63) is 0 Å². The third-order valence-electron chi connectivity index (χ3n) is 0.383. The molecule has 0 aromatic heterocycles. The van der Waals surface area contributed by atoms with E-state index >= 15 is 0 Å². The average molecular weight is 108 g/mol. The van der Waals surface area contributed by atoms with Gasteiger partial charge in [0.25, 0.3) is 0 Å². The molecular formula is C4H4N4. The van der Waals surface area contributed by atoms with Crippen LogP contribution >= 0.6 is 0 Å². The molecule has 0 aromatic rings. The Morgan fingerprint density at radius 2 is 1.38 bits per heavy atom. The maximum absolute atomic E-state index is 7.88. The van der Waals surface area contributed by atoms with Gasteiger partial charge in [-0.15, -0.1) is 0 Å². The molecule has 0 radical (unpaired) electrons. The van der Waals surface area contributed by atoms with Crippen LogP contribution in [0.25, 0.3) is 0 Å². The van der Waals surface area contributed by atoms with Crippen molar-refractivity contribution in [2.45, 2.75) is 0 Å². The van der Waals surface area contributed by atoms with Gasteiger partial charge in [-0.3, -0.25) is 0 Å². The van der Waals surface area contributed by atoms with E-state index in [1.54, 1.807) is 12.1 Å². The first-order valence-electron chi connectivity index (χ1n) is 1.99. The monoisotopic (exact) mass is 108 g/mol. The molecule has 0 fully saturated rings. The molecular weight excluding hydrogens is 104 g/mol. The smallest absolute Gasteiger partial charge is 0.146 e. The Balaban J connectivity index is 3.14. The standard InChI is InChI=1S/C4H4N4/c5-1-3-7-8-4-2-6/h3-4H2. The highest BCUT2D eigenvalue weighted by Gasteiger charge is 1.70. The van der Waals surface area contributed by atoms with E-state index in [4.69, 9.17) is 10.5 Å². The first kappa shape index (κ1) is 6.58. The van der Waals surface area contributed by atoms with Gasteiger partial charge in [0, 0.05) is 0 Å². The van der Waals surface area contributed by atoms with Gasteiger partial charge in [-0.25, -0.2) is 0 Å². The van der Waals surface area contributed by atoms with Gasteiger partial charge in [0.15, 0.2) is 0 Å². The van der Waals surface area contributed by atoms with E-state index in [1.165, 1.54) is 0 Å². The van der Waals surface area contributed by atoms with Crippen LogP contribution in [-0.4, -0.2) is 13.1 Å². The number of nitriles is 2. The summed E-state index contributed by atoms with van der Waals surface area (Å²) in [4.78, 5) is 0. The van der Waals surface area contributed by atoms with Gasteiger partial charge in [-0.2, -0.15) is 20.8 Å². The maximum Gasteiger partial charge on any atom is 0.146 e. The molecule has 0 amide bonds. The van der Waals surface area contributed by atoms with Crippen molar-refractivity contribution in [1.82, 2.24) is 0 Å². The summed E-state index contributed by atoms with van der Waals surface area (Å²) in [5, 5.41) is 22.4. The summed E-state index contributed by atoms with van der Waals surface area (Å²) in [5.74, 6) is 0. The highest BCUT2D eigenvalue weighted by Crippen LogP contribution is 1.70. The number of nitrogens with zero attached hydrogens (tertiary/aromatic N) is 4. The number of azo groups is 1. The van der Waals surface area contributed by atoms with Gasteiger partial charge < -0.3 is 0 Å². The van der Waals surface area contributed by atoms with Gasteiger partial charge in [0.2, 0.25) is 0 Å². The third-order valence-corrected chi connectivity index (χ3v) is 0.383. The first-order valence-corrected chi connectivity index (χ1v) is 1.99. The van der Waals surface area contributed by atoms with Crippen LogP contribution in [0.4, 0.5) is 0 Å². The van der Waals surface area contributed by atoms with E-state index in [2.05, 4.69) is 10.2 Å². The van der Waals surface area contributed by atoms with Gasteiger partial charge in [-0.1, -0.05) is 0 Å². The lowest BCUT2D eigenvalue weighted by Crippen LogP contribution is -1.71. The molecule has 0 spiro atoms. The van der Waals surface area contributed by atoms with Crippen molar-refractivity contribution in [3.63, 3.8) is 0 Å². The Labute approximate surface area is 47.1 Å². The number of rotatable bonds is 2. The normalized spacial score (nSPS) is 8.25. The molecule has 4 nitrogen and oxygen atoms in total. The molecule has 0 aliphatic rings. The molecule has 0 saturated carbocycles. The summed E-state index contributed by atoms with van der Waals surface area (Å²) in [6.07, 6.45) is 0. The topological polar surface area (TPSA) is 72.3 Å². The fourth-order valence-electron chi connectivity index (χ4n) is 0.163. The maximum atomic E-state index is 7.88. The van der Waals surface area contributed by atoms with Crippen molar-refractivity contribution >= 4 is 0 Å². The highest BCUT2D eigenvalue weighted by molar-refractivity contribution is 4.74. The van der Waals surface area contributed by atoms with Crippen LogP contribution in [0.1, 0.15) is 0 Å². The predicted octanol–water partition coefficient (Wildman–Crippen LogP) is 0.486. The summed E-state index contributed by atoms with van der Waals surface area (Å²) < 4.78 is 0. The van der Waals surface area contributed by atoms with Gasteiger partial charge in [-0.05, 0) is 0 Å². The Morgan fingerprint density at radius 3 is 1.62 bits per heavy atom. The molecule has 0 rings (SSSR count). The van der Waals surface area contributed by atoms with Crippen LogP contribution < -0.4 is 0 Å². The molecule has 8 heavy (non-hydrogen) atoms. The van der Waals surface area contributed by atoms with E-state index in [0.29, 0.717) is 0 Å².